The molecule has 4 nitrogen and oxygen atoms in total. The van der Waals surface area contributed by atoms with E-state index in [4.69, 9.17) is 0 Å². The van der Waals surface area contributed by atoms with Gasteiger partial charge in [-0.05, 0) is 49.1 Å². The molecule has 0 radical (unpaired) electrons. The fourth-order valence-corrected chi connectivity index (χ4v) is 3.32. The average Bonchev–Trinajstić information content (AvgIpc) is 2.88. The van der Waals surface area contributed by atoms with Crippen molar-refractivity contribution in [2.45, 2.75) is 33.4 Å². The van der Waals surface area contributed by atoms with Crippen LogP contribution in [0.25, 0.3) is 0 Å². The minimum Gasteiger partial charge on any atom is -0.324 e. The molecule has 3 rings (SSSR count). The van der Waals surface area contributed by atoms with Gasteiger partial charge >= 0.3 is 0 Å². The lowest BCUT2D eigenvalue weighted by Gasteiger charge is -2.27. The Morgan fingerprint density at radius 2 is 1.76 bits per heavy atom. The molecule has 4 heteroatoms. The number of carbonyl (C=O) groups excluding carboxylic acids is 2. The summed E-state index contributed by atoms with van der Waals surface area (Å²) in [7, 11) is 0. The van der Waals surface area contributed by atoms with Crippen molar-refractivity contribution in [3.63, 3.8) is 0 Å². The summed E-state index contributed by atoms with van der Waals surface area (Å²) in [6, 6.07) is 12.6. The van der Waals surface area contributed by atoms with Crippen LogP contribution in [0.3, 0.4) is 0 Å². The number of aryl methyl sites for hydroxylation is 2. The average molecular weight is 334 g/mol. The highest BCUT2D eigenvalue weighted by molar-refractivity contribution is 6.05. The zero-order valence-corrected chi connectivity index (χ0v) is 14.8. The van der Waals surface area contributed by atoms with Crippen LogP contribution in [0.5, 0.6) is 0 Å². The molecule has 0 spiro atoms. The van der Waals surface area contributed by atoms with Crippen LogP contribution in [0.4, 0.5) is 5.69 Å². The molecule has 0 saturated carbocycles. The van der Waals surface area contributed by atoms with Gasteiger partial charge in [-0.1, -0.05) is 43.0 Å². The van der Waals surface area contributed by atoms with Crippen molar-refractivity contribution in [1.82, 2.24) is 4.90 Å². The smallest absolute Gasteiger partial charge is 0.255 e. The first kappa shape index (κ1) is 17.0. The van der Waals surface area contributed by atoms with E-state index in [1.54, 1.807) is 17.9 Å². The van der Waals surface area contributed by atoms with Crippen LogP contribution in [-0.2, 0) is 11.3 Å². The maximum Gasteiger partial charge on any atom is 0.255 e. The third-order valence-electron chi connectivity index (χ3n) is 4.61. The van der Waals surface area contributed by atoms with Gasteiger partial charge < -0.3 is 10.2 Å². The highest BCUT2D eigenvalue weighted by atomic mass is 16.2. The summed E-state index contributed by atoms with van der Waals surface area (Å²) in [5.41, 5.74) is 5.02. The number of nitrogens with zero attached hydrogens (tertiary/aromatic N) is 1. The van der Waals surface area contributed by atoms with Gasteiger partial charge in [0.1, 0.15) is 6.04 Å². The molecular formula is C21H22N2O2. The van der Waals surface area contributed by atoms with Gasteiger partial charge in [0.05, 0.1) is 0 Å². The number of amides is 2. The van der Waals surface area contributed by atoms with Crippen molar-refractivity contribution in [2.24, 2.45) is 0 Å². The van der Waals surface area contributed by atoms with Crippen molar-refractivity contribution in [3.05, 3.63) is 76.9 Å². The summed E-state index contributed by atoms with van der Waals surface area (Å²) in [5.74, 6) is -0.355. The van der Waals surface area contributed by atoms with Crippen molar-refractivity contribution < 1.29 is 9.59 Å². The van der Waals surface area contributed by atoms with E-state index in [1.165, 1.54) is 0 Å². The number of carbonyl (C=O) groups is 2. The van der Waals surface area contributed by atoms with Crippen LogP contribution in [-0.4, -0.2) is 22.8 Å². The highest BCUT2D eigenvalue weighted by Gasteiger charge is 2.36. The van der Waals surface area contributed by atoms with Gasteiger partial charge in [0, 0.05) is 17.8 Å². The number of fused-ring (bicyclic) bond motifs is 1. The Bertz CT molecular complexity index is 850. The number of rotatable bonds is 4. The predicted molar refractivity (Wildman–Crippen MR) is 99.5 cm³/mol. The summed E-state index contributed by atoms with van der Waals surface area (Å²) < 4.78 is 0. The number of anilines is 1. The molecule has 0 aliphatic carbocycles. The van der Waals surface area contributed by atoms with Gasteiger partial charge in [0.25, 0.3) is 11.8 Å². The second-order valence-corrected chi connectivity index (χ2v) is 6.60. The molecule has 1 N–H and O–H groups in total. The monoisotopic (exact) mass is 334 g/mol. The summed E-state index contributed by atoms with van der Waals surface area (Å²) >= 11 is 0. The Labute approximate surface area is 148 Å². The lowest BCUT2D eigenvalue weighted by atomic mass is 10.1. The van der Waals surface area contributed by atoms with Crippen molar-refractivity contribution in [2.75, 3.05) is 5.32 Å². The third-order valence-corrected chi connectivity index (χ3v) is 4.61. The first-order valence-corrected chi connectivity index (χ1v) is 8.31. The second-order valence-electron chi connectivity index (χ2n) is 6.60. The lowest BCUT2D eigenvalue weighted by molar-refractivity contribution is -0.119. The van der Waals surface area contributed by atoms with Gasteiger partial charge in [-0.2, -0.15) is 0 Å². The summed E-state index contributed by atoms with van der Waals surface area (Å²) in [4.78, 5) is 27.3. The quantitative estimate of drug-likeness (QED) is 0.864. The van der Waals surface area contributed by atoms with Gasteiger partial charge in [-0.3, -0.25) is 9.59 Å². The normalized spacial score (nSPS) is 14.2. The number of nitrogens with one attached hydrogen (secondary N) is 1. The van der Waals surface area contributed by atoms with E-state index in [1.807, 2.05) is 50.2 Å². The molecule has 0 fully saturated rings. The Balaban J connectivity index is 1.89. The molecular weight excluding hydrogens is 312 g/mol. The number of hydrogen-bond acceptors (Lipinski definition) is 2. The Kier molecular flexibility index (Phi) is 4.45. The molecule has 25 heavy (non-hydrogen) atoms. The highest BCUT2D eigenvalue weighted by Crippen LogP contribution is 2.28. The van der Waals surface area contributed by atoms with E-state index < -0.39 is 6.04 Å². The van der Waals surface area contributed by atoms with Crippen LogP contribution >= 0.6 is 0 Å². The minimum atomic E-state index is -0.695. The van der Waals surface area contributed by atoms with Crippen LogP contribution in [0.1, 0.15) is 34.0 Å². The first-order valence-electron chi connectivity index (χ1n) is 8.31. The SMILES string of the molecule is C=C(C)[C@H](C(=O)Nc1c(C)cccc1C)N1Cc2ccccc2C1=O. The van der Waals surface area contributed by atoms with Gasteiger partial charge in [0.15, 0.2) is 0 Å². The van der Waals surface area contributed by atoms with E-state index in [-0.39, 0.29) is 11.8 Å². The summed E-state index contributed by atoms with van der Waals surface area (Å²) in [6.45, 7) is 10.1. The summed E-state index contributed by atoms with van der Waals surface area (Å²) in [6.07, 6.45) is 0. The molecule has 1 aliphatic heterocycles. The Hall–Kier alpha value is -2.88. The molecule has 128 valence electrons. The largest absolute Gasteiger partial charge is 0.324 e. The van der Waals surface area contributed by atoms with E-state index in [2.05, 4.69) is 11.9 Å². The second kappa shape index (κ2) is 6.55. The molecule has 2 amide bonds. The standard InChI is InChI=1S/C21H22N2O2/c1-13(2)19(20(24)22-18-14(3)8-7-9-15(18)4)23-12-16-10-5-6-11-17(16)21(23)25/h5-11,19H,1,12H2,2-4H3,(H,22,24)/t19-/m1/s1. The molecule has 0 unspecified atom stereocenters. The molecule has 0 saturated heterocycles. The zero-order chi connectivity index (χ0) is 18.1. The van der Waals surface area contributed by atoms with Crippen LogP contribution in [0.15, 0.2) is 54.6 Å². The molecule has 1 heterocycles. The van der Waals surface area contributed by atoms with Gasteiger partial charge in [-0.25, -0.2) is 0 Å². The Morgan fingerprint density at radius 3 is 2.36 bits per heavy atom. The zero-order valence-electron chi connectivity index (χ0n) is 14.8. The maximum atomic E-state index is 13.0. The van der Waals surface area contributed by atoms with Crippen molar-refractivity contribution in [1.29, 1.82) is 0 Å². The summed E-state index contributed by atoms with van der Waals surface area (Å²) in [5, 5.41) is 2.99. The minimum absolute atomic E-state index is 0.125. The molecule has 1 atom stereocenters. The van der Waals surface area contributed by atoms with Gasteiger partial charge in [0.2, 0.25) is 0 Å². The third kappa shape index (κ3) is 3.07. The fourth-order valence-electron chi connectivity index (χ4n) is 3.32. The van der Waals surface area contributed by atoms with E-state index in [0.29, 0.717) is 17.7 Å². The number of benzene rings is 2. The fraction of sp³-hybridized carbons (Fsp3) is 0.238. The number of para-hydroxylation sites is 1. The van der Waals surface area contributed by atoms with Crippen molar-refractivity contribution >= 4 is 17.5 Å². The number of hydrogen-bond donors (Lipinski definition) is 1. The maximum absolute atomic E-state index is 13.0. The van der Waals surface area contributed by atoms with E-state index in [0.717, 1.165) is 22.4 Å². The topological polar surface area (TPSA) is 49.4 Å². The lowest BCUT2D eigenvalue weighted by Crippen LogP contribution is -2.45. The molecule has 0 aromatic heterocycles. The van der Waals surface area contributed by atoms with Gasteiger partial charge in [-0.15, -0.1) is 0 Å². The van der Waals surface area contributed by atoms with Crippen molar-refractivity contribution in [3.8, 4) is 0 Å². The molecule has 2 aromatic carbocycles. The Morgan fingerprint density at radius 1 is 1.12 bits per heavy atom. The van der Waals surface area contributed by atoms with Crippen LogP contribution in [0, 0.1) is 13.8 Å². The van der Waals surface area contributed by atoms with Crippen LogP contribution < -0.4 is 5.32 Å². The predicted octanol–water partition coefficient (Wildman–Crippen LogP) is 3.84. The first-order chi connectivity index (χ1) is 11.9. The van der Waals surface area contributed by atoms with E-state index in [9.17, 15) is 9.59 Å². The molecule has 0 bridgehead atoms. The molecule has 2 aromatic rings. The van der Waals surface area contributed by atoms with E-state index >= 15 is 0 Å². The molecule has 1 aliphatic rings. The van der Waals surface area contributed by atoms with Crippen LogP contribution in [0.2, 0.25) is 0 Å².